The molecule has 0 saturated carbocycles. The third kappa shape index (κ3) is 1.62. The highest BCUT2D eigenvalue weighted by atomic mass is 16.2. The number of imidazole rings is 1. The minimum atomic E-state index is -0.204. The van der Waals surface area contributed by atoms with Crippen molar-refractivity contribution in [1.82, 2.24) is 25.3 Å². The van der Waals surface area contributed by atoms with Crippen molar-refractivity contribution >= 4 is 28.0 Å². The quantitative estimate of drug-likeness (QED) is 0.638. The highest BCUT2D eigenvalue weighted by Gasteiger charge is 2.14. The Morgan fingerprint density at radius 2 is 2.28 bits per heavy atom. The molecule has 0 fully saturated rings. The van der Waals surface area contributed by atoms with Crippen molar-refractivity contribution in [3.8, 4) is 0 Å². The molecular formula is C12H13N5O. The molecule has 18 heavy (non-hydrogen) atoms. The van der Waals surface area contributed by atoms with Crippen molar-refractivity contribution in [1.29, 1.82) is 0 Å². The Balaban J connectivity index is 2.12. The zero-order valence-electron chi connectivity index (χ0n) is 10.1. The van der Waals surface area contributed by atoms with E-state index in [1.807, 2.05) is 26.1 Å². The number of carbonyl (C=O) groups excluding carboxylic acids is 1. The van der Waals surface area contributed by atoms with Crippen LogP contribution in [0, 0.1) is 0 Å². The van der Waals surface area contributed by atoms with Crippen molar-refractivity contribution in [2.24, 2.45) is 0 Å². The van der Waals surface area contributed by atoms with E-state index in [4.69, 9.17) is 0 Å². The smallest absolute Gasteiger partial charge is 0.287 e. The van der Waals surface area contributed by atoms with Crippen LogP contribution in [-0.2, 0) is 0 Å². The molecule has 0 spiro atoms. The van der Waals surface area contributed by atoms with Gasteiger partial charge in [0, 0.05) is 17.6 Å². The van der Waals surface area contributed by atoms with Gasteiger partial charge in [-0.2, -0.15) is 0 Å². The summed E-state index contributed by atoms with van der Waals surface area (Å²) >= 11 is 0. The summed E-state index contributed by atoms with van der Waals surface area (Å²) in [6.45, 7) is 3.82. The van der Waals surface area contributed by atoms with Crippen molar-refractivity contribution in [3.05, 3.63) is 24.3 Å². The number of carbonyl (C=O) groups is 1. The Morgan fingerprint density at radius 3 is 3.06 bits per heavy atom. The number of nitrogens with zero attached hydrogens (tertiary/aromatic N) is 2. The minimum absolute atomic E-state index is 0.0797. The summed E-state index contributed by atoms with van der Waals surface area (Å²) in [4.78, 5) is 26.4. The fraction of sp³-hybridized carbons (Fsp3) is 0.250. The molecule has 0 unspecified atom stereocenters. The van der Waals surface area contributed by atoms with Crippen LogP contribution in [0.3, 0.4) is 0 Å². The SMILES string of the molecule is CC(C)NC(=O)c1nc2cnc3[nH]ccc3c2[nH]1. The van der Waals surface area contributed by atoms with Crippen LogP contribution < -0.4 is 5.32 Å². The largest absolute Gasteiger partial charge is 0.347 e. The molecule has 0 aliphatic heterocycles. The summed E-state index contributed by atoms with van der Waals surface area (Å²) in [5, 5.41) is 3.73. The van der Waals surface area contributed by atoms with E-state index < -0.39 is 0 Å². The van der Waals surface area contributed by atoms with Crippen LogP contribution in [0.25, 0.3) is 22.1 Å². The highest BCUT2D eigenvalue weighted by molar-refractivity contribution is 6.03. The summed E-state index contributed by atoms with van der Waals surface area (Å²) in [5.41, 5.74) is 2.30. The number of aromatic nitrogens is 4. The zero-order valence-corrected chi connectivity index (χ0v) is 10.1. The summed E-state index contributed by atoms with van der Waals surface area (Å²) in [7, 11) is 0. The van der Waals surface area contributed by atoms with Crippen LogP contribution in [-0.4, -0.2) is 31.9 Å². The standard InChI is InChI=1S/C12H13N5O/c1-6(2)15-12(18)11-16-8-5-14-10-7(3-4-13-10)9(8)17-11/h3-6H,1-2H3,(H,13,14)(H,15,18)(H,16,17). The number of amides is 1. The number of nitrogens with one attached hydrogen (secondary N) is 3. The van der Waals surface area contributed by atoms with Crippen LogP contribution in [0.1, 0.15) is 24.5 Å². The molecule has 92 valence electrons. The molecule has 6 nitrogen and oxygen atoms in total. The van der Waals surface area contributed by atoms with E-state index in [9.17, 15) is 4.79 Å². The second-order valence-electron chi connectivity index (χ2n) is 4.47. The van der Waals surface area contributed by atoms with E-state index in [2.05, 4.69) is 25.3 Å². The number of rotatable bonds is 2. The molecule has 0 bridgehead atoms. The highest BCUT2D eigenvalue weighted by Crippen LogP contribution is 2.20. The molecule has 1 amide bonds. The topological polar surface area (TPSA) is 86.5 Å². The third-order valence-electron chi connectivity index (χ3n) is 2.68. The maximum Gasteiger partial charge on any atom is 0.287 e. The predicted octanol–water partition coefficient (Wildman–Crippen LogP) is 1.58. The molecule has 0 atom stereocenters. The first-order valence-electron chi connectivity index (χ1n) is 5.78. The summed E-state index contributed by atoms with van der Waals surface area (Å²) in [6, 6.07) is 1.99. The lowest BCUT2D eigenvalue weighted by Crippen LogP contribution is -2.30. The van der Waals surface area contributed by atoms with Crippen LogP contribution in [0.15, 0.2) is 18.5 Å². The van der Waals surface area contributed by atoms with Gasteiger partial charge in [0.1, 0.15) is 11.2 Å². The van der Waals surface area contributed by atoms with Crippen LogP contribution >= 0.6 is 0 Å². The molecule has 0 saturated heterocycles. The summed E-state index contributed by atoms with van der Waals surface area (Å²) in [6.07, 6.45) is 3.46. The molecule has 0 radical (unpaired) electrons. The predicted molar refractivity (Wildman–Crippen MR) is 68.3 cm³/mol. The average Bonchev–Trinajstić information content (AvgIpc) is 2.93. The van der Waals surface area contributed by atoms with E-state index in [-0.39, 0.29) is 11.9 Å². The third-order valence-corrected chi connectivity index (χ3v) is 2.68. The molecule has 3 aromatic rings. The number of fused-ring (bicyclic) bond motifs is 3. The molecule has 3 aromatic heterocycles. The zero-order chi connectivity index (χ0) is 12.7. The monoisotopic (exact) mass is 243 g/mol. The maximum atomic E-state index is 11.9. The van der Waals surface area contributed by atoms with E-state index in [0.717, 1.165) is 16.6 Å². The van der Waals surface area contributed by atoms with Crippen LogP contribution in [0.4, 0.5) is 0 Å². The van der Waals surface area contributed by atoms with Gasteiger partial charge in [-0.25, -0.2) is 9.97 Å². The maximum absolute atomic E-state index is 11.9. The van der Waals surface area contributed by atoms with Gasteiger partial charge in [0.15, 0.2) is 5.82 Å². The number of hydrogen-bond acceptors (Lipinski definition) is 3. The van der Waals surface area contributed by atoms with E-state index in [1.54, 1.807) is 6.20 Å². The minimum Gasteiger partial charge on any atom is -0.347 e. The Kier molecular flexibility index (Phi) is 2.29. The molecule has 0 aliphatic carbocycles. The lowest BCUT2D eigenvalue weighted by atomic mass is 10.3. The van der Waals surface area contributed by atoms with Crippen LogP contribution in [0.5, 0.6) is 0 Å². The fourth-order valence-electron chi connectivity index (χ4n) is 1.92. The first kappa shape index (κ1) is 10.8. The van der Waals surface area contributed by atoms with E-state index in [1.165, 1.54) is 0 Å². The average molecular weight is 243 g/mol. The van der Waals surface area contributed by atoms with Crippen molar-refractivity contribution in [3.63, 3.8) is 0 Å². The lowest BCUT2D eigenvalue weighted by Gasteiger charge is -2.04. The molecular weight excluding hydrogens is 230 g/mol. The van der Waals surface area contributed by atoms with Gasteiger partial charge < -0.3 is 15.3 Å². The van der Waals surface area contributed by atoms with Gasteiger partial charge in [0.2, 0.25) is 0 Å². The van der Waals surface area contributed by atoms with Crippen molar-refractivity contribution in [2.75, 3.05) is 0 Å². The van der Waals surface area contributed by atoms with Gasteiger partial charge in [0.25, 0.3) is 5.91 Å². The Bertz CT molecular complexity index is 724. The van der Waals surface area contributed by atoms with E-state index in [0.29, 0.717) is 11.3 Å². The van der Waals surface area contributed by atoms with Crippen molar-refractivity contribution < 1.29 is 4.79 Å². The number of hydrogen-bond donors (Lipinski definition) is 3. The Hall–Kier alpha value is -2.37. The number of pyridine rings is 1. The molecule has 3 N–H and O–H groups in total. The molecule has 6 heteroatoms. The lowest BCUT2D eigenvalue weighted by molar-refractivity contribution is 0.0934. The van der Waals surface area contributed by atoms with Gasteiger partial charge in [0.05, 0.1) is 11.7 Å². The van der Waals surface area contributed by atoms with Crippen LogP contribution in [0.2, 0.25) is 0 Å². The summed E-state index contributed by atoms with van der Waals surface area (Å²) < 4.78 is 0. The van der Waals surface area contributed by atoms with Gasteiger partial charge in [-0.05, 0) is 19.9 Å². The second-order valence-corrected chi connectivity index (χ2v) is 4.47. The molecule has 3 heterocycles. The van der Waals surface area contributed by atoms with Gasteiger partial charge in [-0.1, -0.05) is 0 Å². The first-order chi connectivity index (χ1) is 8.65. The molecule has 3 rings (SSSR count). The summed E-state index contributed by atoms with van der Waals surface area (Å²) in [5.74, 6) is 0.110. The van der Waals surface area contributed by atoms with Crippen molar-refractivity contribution in [2.45, 2.75) is 19.9 Å². The number of H-pyrrole nitrogens is 2. The second kappa shape index (κ2) is 3.83. The Labute approximate surface area is 103 Å². The molecule has 0 aliphatic rings. The fourth-order valence-corrected chi connectivity index (χ4v) is 1.92. The van der Waals surface area contributed by atoms with Gasteiger partial charge >= 0.3 is 0 Å². The van der Waals surface area contributed by atoms with Gasteiger partial charge in [-0.15, -0.1) is 0 Å². The molecule has 0 aromatic carbocycles. The Morgan fingerprint density at radius 1 is 1.44 bits per heavy atom. The van der Waals surface area contributed by atoms with Gasteiger partial charge in [-0.3, -0.25) is 4.79 Å². The number of aromatic amines is 2. The first-order valence-corrected chi connectivity index (χ1v) is 5.78. The normalized spacial score (nSPS) is 11.5. The van der Waals surface area contributed by atoms with E-state index >= 15 is 0 Å².